The summed E-state index contributed by atoms with van der Waals surface area (Å²) in [5, 5.41) is 0. The van der Waals surface area contributed by atoms with Crippen molar-refractivity contribution in [3.05, 3.63) is 41.7 Å². The van der Waals surface area contributed by atoms with Crippen LogP contribution >= 0.6 is 0 Å². The maximum Gasteiger partial charge on any atom is 0.325 e. The standard InChI is InChI=1S/C15H20N2O3/c1-5-9-17(10-14(18)20-6-2)15(19)13-8-7-11(3)16-12(13)4/h5,7-8H,1,6,9-10H2,2-4H3. The van der Waals surface area contributed by atoms with E-state index in [0.29, 0.717) is 17.9 Å². The second kappa shape index (κ2) is 7.43. The Bertz CT molecular complexity index is 512. The SMILES string of the molecule is C=CCN(CC(=O)OCC)C(=O)c1ccc(C)nc1C. The second-order valence-corrected chi connectivity index (χ2v) is 4.36. The van der Waals surface area contributed by atoms with Gasteiger partial charge in [0.25, 0.3) is 5.91 Å². The molecule has 0 saturated carbocycles. The van der Waals surface area contributed by atoms with E-state index < -0.39 is 5.97 Å². The first-order valence-corrected chi connectivity index (χ1v) is 6.49. The highest BCUT2D eigenvalue weighted by Crippen LogP contribution is 2.10. The van der Waals surface area contributed by atoms with E-state index in [2.05, 4.69) is 11.6 Å². The molecule has 1 amide bonds. The summed E-state index contributed by atoms with van der Waals surface area (Å²) in [4.78, 5) is 29.6. The van der Waals surface area contributed by atoms with E-state index in [4.69, 9.17) is 4.74 Å². The van der Waals surface area contributed by atoms with E-state index in [9.17, 15) is 9.59 Å². The minimum atomic E-state index is -0.430. The molecule has 20 heavy (non-hydrogen) atoms. The number of aryl methyl sites for hydroxylation is 2. The molecule has 108 valence electrons. The molecule has 1 aromatic rings. The molecule has 0 bridgehead atoms. The van der Waals surface area contributed by atoms with Crippen LogP contribution < -0.4 is 0 Å². The van der Waals surface area contributed by atoms with E-state index in [-0.39, 0.29) is 19.0 Å². The molecule has 0 aromatic carbocycles. The Balaban J connectivity index is 2.93. The molecule has 0 aliphatic carbocycles. The third-order valence-corrected chi connectivity index (χ3v) is 2.72. The minimum Gasteiger partial charge on any atom is -0.465 e. The molecule has 0 aliphatic heterocycles. The zero-order valence-electron chi connectivity index (χ0n) is 12.2. The molecule has 0 unspecified atom stereocenters. The van der Waals surface area contributed by atoms with Crippen LogP contribution in [0.1, 0.15) is 28.7 Å². The molecule has 5 heteroatoms. The van der Waals surface area contributed by atoms with Crippen molar-refractivity contribution in [2.24, 2.45) is 0 Å². The Morgan fingerprint density at radius 2 is 2.10 bits per heavy atom. The molecule has 5 nitrogen and oxygen atoms in total. The minimum absolute atomic E-state index is 0.0913. The number of carbonyl (C=O) groups is 2. The van der Waals surface area contributed by atoms with E-state index in [1.165, 1.54) is 4.90 Å². The summed E-state index contributed by atoms with van der Waals surface area (Å²) in [6.45, 7) is 9.45. The maximum absolute atomic E-state index is 12.4. The van der Waals surface area contributed by atoms with Crippen LogP contribution in [0.15, 0.2) is 24.8 Å². The maximum atomic E-state index is 12.4. The predicted molar refractivity (Wildman–Crippen MR) is 76.4 cm³/mol. The molecule has 0 atom stereocenters. The van der Waals surface area contributed by atoms with Gasteiger partial charge in [-0.25, -0.2) is 0 Å². The highest BCUT2D eigenvalue weighted by Gasteiger charge is 2.20. The van der Waals surface area contributed by atoms with E-state index >= 15 is 0 Å². The molecule has 0 aliphatic rings. The molecule has 1 heterocycles. The molecule has 0 spiro atoms. The summed E-state index contributed by atoms with van der Waals surface area (Å²) in [5.41, 5.74) is 1.98. The van der Waals surface area contributed by atoms with Crippen molar-refractivity contribution in [1.29, 1.82) is 0 Å². The quantitative estimate of drug-likeness (QED) is 0.588. The molecule has 0 N–H and O–H groups in total. The number of esters is 1. The summed E-state index contributed by atoms with van der Waals surface area (Å²) in [6.07, 6.45) is 1.58. The van der Waals surface area contributed by atoms with Gasteiger partial charge in [-0.3, -0.25) is 14.6 Å². The van der Waals surface area contributed by atoms with Crippen LogP contribution in [0.25, 0.3) is 0 Å². The fraction of sp³-hybridized carbons (Fsp3) is 0.400. The fourth-order valence-corrected chi connectivity index (χ4v) is 1.82. The number of pyridine rings is 1. The van der Waals surface area contributed by atoms with Gasteiger partial charge in [-0.2, -0.15) is 0 Å². The average molecular weight is 276 g/mol. The van der Waals surface area contributed by atoms with Crippen molar-refractivity contribution < 1.29 is 14.3 Å². The van der Waals surface area contributed by atoms with Crippen molar-refractivity contribution >= 4 is 11.9 Å². The summed E-state index contributed by atoms with van der Waals surface area (Å²) in [6, 6.07) is 3.50. The van der Waals surface area contributed by atoms with E-state index in [1.807, 2.05) is 6.92 Å². The number of nitrogens with zero attached hydrogens (tertiary/aromatic N) is 2. The Kier molecular flexibility index (Phi) is 5.90. The number of hydrogen-bond donors (Lipinski definition) is 0. The fourth-order valence-electron chi connectivity index (χ4n) is 1.82. The smallest absolute Gasteiger partial charge is 0.325 e. The largest absolute Gasteiger partial charge is 0.465 e. The number of amides is 1. The third-order valence-electron chi connectivity index (χ3n) is 2.72. The summed E-state index contributed by atoms with van der Waals surface area (Å²) >= 11 is 0. The first kappa shape index (κ1) is 15.9. The van der Waals surface area contributed by atoms with Gasteiger partial charge in [-0.15, -0.1) is 6.58 Å². The van der Waals surface area contributed by atoms with Crippen molar-refractivity contribution in [1.82, 2.24) is 9.88 Å². The molecule has 0 saturated heterocycles. The van der Waals surface area contributed by atoms with Gasteiger partial charge in [0.15, 0.2) is 0 Å². The van der Waals surface area contributed by atoms with Gasteiger partial charge in [0.2, 0.25) is 0 Å². The lowest BCUT2D eigenvalue weighted by Crippen LogP contribution is -2.37. The van der Waals surface area contributed by atoms with Crippen molar-refractivity contribution in [2.45, 2.75) is 20.8 Å². The van der Waals surface area contributed by atoms with Gasteiger partial charge in [-0.05, 0) is 32.9 Å². The predicted octanol–water partition coefficient (Wildman–Crippen LogP) is 1.89. The number of rotatable bonds is 6. The Hall–Kier alpha value is -2.17. The monoisotopic (exact) mass is 276 g/mol. The van der Waals surface area contributed by atoms with Crippen LogP contribution in [0.5, 0.6) is 0 Å². The molecule has 0 fully saturated rings. The van der Waals surface area contributed by atoms with Crippen molar-refractivity contribution in [3.63, 3.8) is 0 Å². The second-order valence-electron chi connectivity index (χ2n) is 4.36. The van der Waals surface area contributed by atoms with Crippen molar-refractivity contribution in [2.75, 3.05) is 19.7 Å². The lowest BCUT2D eigenvalue weighted by atomic mass is 10.1. The Morgan fingerprint density at radius 1 is 1.40 bits per heavy atom. The topological polar surface area (TPSA) is 59.5 Å². The van der Waals surface area contributed by atoms with Gasteiger partial charge >= 0.3 is 5.97 Å². The number of ether oxygens (including phenoxy) is 1. The van der Waals surface area contributed by atoms with Crippen molar-refractivity contribution in [3.8, 4) is 0 Å². The number of hydrogen-bond acceptors (Lipinski definition) is 4. The summed E-state index contributed by atoms with van der Waals surface area (Å²) in [7, 11) is 0. The first-order valence-electron chi connectivity index (χ1n) is 6.49. The molecule has 1 aromatic heterocycles. The molecular formula is C15H20N2O3. The zero-order chi connectivity index (χ0) is 15.1. The number of carbonyl (C=O) groups excluding carboxylic acids is 2. The molecule has 1 rings (SSSR count). The number of aromatic nitrogens is 1. The van der Waals surface area contributed by atoms with E-state index in [0.717, 1.165) is 5.69 Å². The summed E-state index contributed by atoms with van der Waals surface area (Å²) in [5.74, 6) is -0.677. The Labute approximate surface area is 119 Å². The van der Waals surface area contributed by atoms with Crippen LogP contribution in [-0.4, -0.2) is 41.5 Å². The van der Waals surface area contributed by atoms with Gasteiger partial charge in [0.05, 0.1) is 17.9 Å². The van der Waals surface area contributed by atoms with Crippen LogP contribution in [0.4, 0.5) is 0 Å². The average Bonchev–Trinajstić information content (AvgIpc) is 2.38. The summed E-state index contributed by atoms with van der Waals surface area (Å²) < 4.78 is 4.87. The van der Waals surface area contributed by atoms with Crippen LogP contribution in [0, 0.1) is 13.8 Å². The van der Waals surface area contributed by atoms with Gasteiger partial charge < -0.3 is 9.64 Å². The van der Waals surface area contributed by atoms with Crippen LogP contribution in [0.2, 0.25) is 0 Å². The van der Waals surface area contributed by atoms with Gasteiger partial charge in [0.1, 0.15) is 6.54 Å². The lowest BCUT2D eigenvalue weighted by Gasteiger charge is -2.20. The Morgan fingerprint density at radius 3 is 2.65 bits per heavy atom. The third kappa shape index (κ3) is 4.19. The normalized spacial score (nSPS) is 9.95. The highest BCUT2D eigenvalue weighted by molar-refractivity contribution is 5.97. The molecular weight excluding hydrogens is 256 g/mol. The van der Waals surface area contributed by atoms with E-state index in [1.54, 1.807) is 32.1 Å². The van der Waals surface area contributed by atoms with Gasteiger partial charge in [-0.1, -0.05) is 6.08 Å². The van der Waals surface area contributed by atoms with Crippen LogP contribution in [0.3, 0.4) is 0 Å². The zero-order valence-corrected chi connectivity index (χ0v) is 12.2. The van der Waals surface area contributed by atoms with Crippen LogP contribution in [-0.2, 0) is 9.53 Å². The molecule has 0 radical (unpaired) electrons. The highest BCUT2D eigenvalue weighted by atomic mass is 16.5. The lowest BCUT2D eigenvalue weighted by molar-refractivity contribution is -0.143. The first-order chi connectivity index (χ1) is 9.49. The van der Waals surface area contributed by atoms with Gasteiger partial charge in [0, 0.05) is 12.2 Å².